The number of esters is 1. The van der Waals surface area contributed by atoms with E-state index in [2.05, 4.69) is 52.6 Å². The zero-order chi connectivity index (χ0) is 21.8. The van der Waals surface area contributed by atoms with Crippen LogP contribution in [0.4, 0.5) is 0 Å². The third-order valence-electron chi connectivity index (χ3n) is 8.18. The normalized spacial score (nSPS) is 33.8. The highest BCUT2D eigenvalue weighted by Gasteiger charge is 2.45. The van der Waals surface area contributed by atoms with E-state index in [0.29, 0.717) is 6.61 Å². The lowest BCUT2D eigenvalue weighted by Gasteiger charge is -2.56. The highest BCUT2D eigenvalue weighted by Crippen LogP contribution is 2.47. The SMILES string of the molecule is CCOC(=O)/C(C)=C/N(C1(C)CCC(C(C)C)CC1)C1(C)CCC(C(C)C)CC1. The molecule has 0 bridgehead atoms. The van der Waals surface area contributed by atoms with E-state index in [9.17, 15) is 4.79 Å². The van der Waals surface area contributed by atoms with Gasteiger partial charge in [-0.05, 0) is 103 Å². The minimum Gasteiger partial charge on any atom is -0.463 e. The first-order valence-corrected chi connectivity index (χ1v) is 12.2. The zero-order valence-electron chi connectivity index (χ0n) is 20.5. The Morgan fingerprint density at radius 3 is 1.62 bits per heavy atom. The number of rotatable bonds is 7. The molecule has 0 amide bonds. The summed E-state index contributed by atoms with van der Waals surface area (Å²) in [7, 11) is 0. The molecular formula is C26H47NO2. The largest absolute Gasteiger partial charge is 0.463 e. The molecule has 3 nitrogen and oxygen atoms in total. The molecule has 0 spiro atoms. The molecule has 2 fully saturated rings. The van der Waals surface area contributed by atoms with Gasteiger partial charge in [0.25, 0.3) is 0 Å². The van der Waals surface area contributed by atoms with Gasteiger partial charge in [0.05, 0.1) is 6.61 Å². The van der Waals surface area contributed by atoms with Crippen LogP contribution in [-0.2, 0) is 9.53 Å². The summed E-state index contributed by atoms with van der Waals surface area (Å²) < 4.78 is 5.31. The van der Waals surface area contributed by atoms with Crippen molar-refractivity contribution in [1.29, 1.82) is 0 Å². The van der Waals surface area contributed by atoms with Gasteiger partial charge in [-0.2, -0.15) is 0 Å². The average Bonchev–Trinajstić information content (AvgIpc) is 2.66. The van der Waals surface area contributed by atoms with Gasteiger partial charge in [-0.15, -0.1) is 0 Å². The van der Waals surface area contributed by atoms with Crippen LogP contribution in [0.2, 0.25) is 0 Å². The van der Waals surface area contributed by atoms with Gasteiger partial charge in [-0.25, -0.2) is 4.79 Å². The van der Waals surface area contributed by atoms with Gasteiger partial charge in [-0.3, -0.25) is 0 Å². The maximum atomic E-state index is 12.4. The van der Waals surface area contributed by atoms with Crippen molar-refractivity contribution in [1.82, 2.24) is 4.90 Å². The molecule has 0 aromatic rings. The number of ether oxygens (including phenoxy) is 1. The van der Waals surface area contributed by atoms with E-state index in [1.54, 1.807) is 0 Å². The first-order valence-electron chi connectivity index (χ1n) is 12.2. The first-order chi connectivity index (χ1) is 13.5. The smallest absolute Gasteiger partial charge is 0.335 e. The molecule has 2 aliphatic carbocycles. The molecule has 0 atom stereocenters. The van der Waals surface area contributed by atoms with Crippen LogP contribution >= 0.6 is 0 Å². The summed E-state index contributed by atoms with van der Waals surface area (Å²) in [6.45, 7) is 18.6. The van der Waals surface area contributed by atoms with Crippen LogP contribution in [0.3, 0.4) is 0 Å². The molecule has 0 heterocycles. The maximum Gasteiger partial charge on any atom is 0.335 e. The van der Waals surface area contributed by atoms with Crippen molar-refractivity contribution in [3.05, 3.63) is 11.8 Å². The number of hydrogen-bond acceptors (Lipinski definition) is 3. The van der Waals surface area contributed by atoms with E-state index in [-0.39, 0.29) is 17.0 Å². The Labute approximate surface area is 180 Å². The summed E-state index contributed by atoms with van der Waals surface area (Å²) in [6.07, 6.45) is 12.2. The lowest BCUT2D eigenvalue weighted by molar-refractivity contribution is -0.138. The van der Waals surface area contributed by atoms with Crippen LogP contribution in [0.1, 0.15) is 107 Å². The van der Waals surface area contributed by atoms with Crippen LogP contribution in [0.25, 0.3) is 0 Å². The molecule has 2 rings (SSSR count). The Morgan fingerprint density at radius 2 is 1.31 bits per heavy atom. The Morgan fingerprint density at radius 1 is 0.931 bits per heavy atom. The van der Waals surface area contributed by atoms with Gasteiger partial charge in [0.2, 0.25) is 0 Å². The number of nitrogens with zero attached hydrogens (tertiary/aromatic N) is 1. The molecule has 0 aromatic heterocycles. The van der Waals surface area contributed by atoms with Gasteiger partial charge in [0, 0.05) is 22.9 Å². The Bertz CT molecular complexity index is 527. The van der Waals surface area contributed by atoms with Crippen molar-refractivity contribution in [2.24, 2.45) is 23.7 Å². The molecule has 29 heavy (non-hydrogen) atoms. The molecule has 0 radical (unpaired) electrons. The van der Waals surface area contributed by atoms with E-state index in [0.717, 1.165) is 29.2 Å². The van der Waals surface area contributed by atoms with E-state index >= 15 is 0 Å². The van der Waals surface area contributed by atoms with Gasteiger partial charge in [0.15, 0.2) is 0 Å². The maximum absolute atomic E-state index is 12.4. The van der Waals surface area contributed by atoms with Crippen LogP contribution in [-0.4, -0.2) is 28.6 Å². The number of carbonyl (C=O) groups is 1. The quantitative estimate of drug-likeness (QED) is 0.338. The highest BCUT2D eigenvalue weighted by molar-refractivity contribution is 5.87. The van der Waals surface area contributed by atoms with Crippen molar-refractivity contribution in [3.8, 4) is 0 Å². The molecule has 0 aliphatic heterocycles. The fourth-order valence-corrected chi connectivity index (χ4v) is 5.79. The lowest BCUT2D eigenvalue weighted by atomic mass is 9.68. The predicted molar refractivity (Wildman–Crippen MR) is 123 cm³/mol. The highest BCUT2D eigenvalue weighted by atomic mass is 16.5. The third kappa shape index (κ3) is 5.79. The predicted octanol–water partition coefficient (Wildman–Crippen LogP) is 6.97. The minimum atomic E-state index is -0.170. The molecule has 168 valence electrons. The zero-order valence-corrected chi connectivity index (χ0v) is 20.5. The summed E-state index contributed by atoms with van der Waals surface area (Å²) in [5.41, 5.74) is 0.989. The Hall–Kier alpha value is -0.990. The van der Waals surface area contributed by atoms with Gasteiger partial charge >= 0.3 is 5.97 Å². The van der Waals surface area contributed by atoms with Crippen molar-refractivity contribution in [2.45, 2.75) is 118 Å². The fraction of sp³-hybridized carbons (Fsp3) is 0.885. The van der Waals surface area contributed by atoms with Gasteiger partial charge in [0.1, 0.15) is 0 Å². The van der Waals surface area contributed by atoms with Crippen molar-refractivity contribution >= 4 is 5.97 Å². The van der Waals surface area contributed by atoms with E-state index in [1.165, 1.54) is 51.4 Å². The second kappa shape index (κ2) is 9.88. The van der Waals surface area contributed by atoms with Crippen LogP contribution in [0.15, 0.2) is 11.8 Å². The van der Waals surface area contributed by atoms with Gasteiger partial charge < -0.3 is 9.64 Å². The van der Waals surface area contributed by atoms with Crippen molar-refractivity contribution < 1.29 is 9.53 Å². The van der Waals surface area contributed by atoms with Crippen LogP contribution in [0, 0.1) is 23.7 Å². The van der Waals surface area contributed by atoms with E-state index in [1.807, 2.05) is 13.8 Å². The molecular weight excluding hydrogens is 358 g/mol. The molecule has 0 N–H and O–H groups in total. The molecule has 0 saturated heterocycles. The van der Waals surface area contributed by atoms with Crippen molar-refractivity contribution in [2.75, 3.05) is 6.61 Å². The standard InChI is InChI=1S/C26H47NO2/c1-9-29-24(28)21(6)18-27(25(7)14-10-22(11-15-25)19(2)3)26(8)16-12-23(13-17-26)20(4)5/h18-20,22-23H,9-17H2,1-8H3/b21-18+. The van der Waals surface area contributed by atoms with E-state index in [4.69, 9.17) is 4.74 Å². The summed E-state index contributed by atoms with van der Waals surface area (Å²) >= 11 is 0. The monoisotopic (exact) mass is 405 g/mol. The topological polar surface area (TPSA) is 29.5 Å². The summed E-state index contributed by atoms with van der Waals surface area (Å²) in [6, 6.07) is 0. The summed E-state index contributed by atoms with van der Waals surface area (Å²) in [5.74, 6) is 3.04. The lowest BCUT2D eigenvalue weighted by Crippen LogP contribution is -2.58. The molecule has 2 saturated carbocycles. The Balaban J connectivity index is 2.29. The Kier molecular flexibility index (Phi) is 8.27. The molecule has 3 heteroatoms. The van der Waals surface area contributed by atoms with Crippen molar-refractivity contribution in [3.63, 3.8) is 0 Å². The summed E-state index contributed by atoms with van der Waals surface area (Å²) in [5, 5.41) is 0. The van der Waals surface area contributed by atoms with Gasteiger partial charge in [-0.1, -0.05) is 27.7 Å². The average molecular weight is 406 g/mol. The third-order valence-corrected chi connectivity index (χ3v) is 8.18. The second-order valence-electron chi connectivity index (χ2n) is 11.1. The minimum absolute atomic E-state index is 0.124. The van der Waals surface area contributed by atoms with Crippen LogP contribution < -0.4 is 0 Å². The summed E-state index contributed by atoms with van der Waals surface area (Å²) in [4.78, 5) is 15.0. The number of carbonyl (C=O) groups excluding carboxylic acids is 1. The molecule has 0 aromatic carbocycles. The first kappa shape index (κ1) is 24.3. The molecule has 2 aliphatic rings. The van der Waals surface area contributed by atoms with E-state index < -0.39 is 0 Å². The number of hydrogen-bond donors (Lipinski definition) is 0. The molecule has 0 unspecified atom stereocenters. The van der Waals surface area contributed by atoms with Crippen LogP contribution in [0.5, 0.6) is 0 Å². The second-order valence-corrected chi connectivity index (χ2v) is 11.1. The fourth-order valence-electron chi connectivity index (χ4n) is 5.79.